The predicted molar refractivity (Wildman–Crippen MR) is 129 cm³/mol. The topological polar surface area (TPSA) is 57.5 Å². The second kappa shape index (κ2) is 10.1. The number of aliphatic imine (C=N–C) groups is 1. The SMILES string of the molecule is CN=C(NCC1CCCN(C)C1c1cccs1)NC(C)c1cccc(-n2cccn2)c1. The molecule has 1 aliphatic rings. The number of likely N-dealkylation sites (tertiary alicyclic amines) is 1. The molecule has 7 heteroatoms. The van der Waals surface area contributed by atoms with Crippen LogP contribution in [0.5, 0.6) is 0 Å². The van der Waals surface area contributed by atoms with Crippen LogP contribution in [-0.4, -0.2) is 47.8 Å². The summed E-state index contributed by atoms with van der Waals surface area (Å²) in [6.07, 6.45) is 6.24. The van der Waals surface area contributed by atoms with Gasteiger partial charge < -0.3 is 10.6 Å². The third kappa shape index (κ3) is 5.17. The zero-order valence-corrected chi connectivity index (χ0v) is 19.3. The predicted octanol–water partition coefficient (Wildman–Crippen LogP) is 4.24. The summed E-state index contributed by atoms with van der Waals surface area (Å²) >= 11 is 1.86. The lowest BCUT2D eigenvalue weighted by Crippen LogP contribution is -2.45. The van der Waals surface area contributed by atoms with E-state index in [-0.39, 0.29) is 6.04 Å². The lowest BCUT2D eigenvalue weighted by Gasteiger charge is -2.39. The fraction of sp³-hybridized carbons (Fsp3) is 0.417. The van der Waals surface area contributed by atoms with Crippen LogP contribution in [0.15, 0.2) is 65.2 Å². The molecule has 0 bridgehead atoms. The molecule has 1 aliphatic heterocycles. The standard InChI is InChI=1S/C24H32N6S/c1-18(19-8-4-10-21(16-19)30-14-7-12-27-30)28-24(25-2)26-17-20-9-5-13-29(3)23(20)22-11-6-15-31-22/h4,6-8,10-12,14-16,18,20,23H,5,9,13,17H2,1-3H3,(H2,25,26,28). The van der Waals surface area contributed by atoms with Gasteiger partial charge in [-0.1, -0.05) is 18.2 Å². The number of thiophene rings is 1. The smallest absolute Gasteiger partial charge is 0.191 e. The third-order valence-corrected chi connectivity index (χ3v) is 7.03. The van der Waals surface area contributed by atoms with Crippen molar-refractivity contribution in [2.75, 3.05) is 27.2 Å². The van der Waals surface area contributed by atoms with Crippen molar-refractivity contribution < 1.29 is 0 Å². The highest BCUT2D eigenvalue weighted by Crippen LogP contribution is 2.36. The summed E-state index contributed by atoms with van der Waals surface area (Å²) in [5.41, 5.74) is 2.26. The molecule has 3 atom stereocenters. The monoisotopic (exact) mass is 436 g/mol. The Hall–Kier alpha value is -2.64. The average molecular weight is 437 g/mol. The molecule has 1 fully saturated rings. The van der Waals surface area contributed by atoms with Gasteiger partial charge in [0.2, 0.25) is 0 Å². The van der Waals surface area contributed by atoms with Gasteiger partial charge in [-0.05, 0) is 74.5 Å². The second-order valence-corrected chi connectivity index (χ2v) is 9.19. The van der Waals surface area contributed by atoms with Crippen LogP contribution in [0.1, 0.15) is 42.3 Å². The maximum atomic E-state index is 4.48. The van der Waals surface area contributed by atoms with Crippen molar-refractivity contribution in [1.82, 2.24) is 25.3 Å². The van der Waals surface area contributed by atoms with Crippen LogP contribution in [-0.2, 0) is 0 Å². The molecule has 6 nitrogen and oxygen atoms in total. The van der Waals surface area contributed by atoms with Gasteiger partial charge in [0.25, 0.3) is 0 Å². The van der Waals surface area contributed by atoms with Gasteiger partial charge in [-0.3, -0.25) is 9.89 Å². The average Bonchev–Trinajstić information content (AvgIpc) is 3.51. The van der Waals surface area contributed by atoms with E-state index in [9.17, 15) is 0 Å². The van der Waals surface area contributed by atoms with Crippen LogP contribution in [0, 0.1) is 5.92 Å². The quantitative estimate of drug-likeness (QED) is 0.448. The summed E-state index contributed by atoms with van der Waals surface area (Å²) in [5, 5.41) is 13.7. The van der Waals surface area contributed by atoms with Gasteiger partial charge in [0.05, 0.1) is 11.7 Å². The molecule has 3 unspecified atom stereocenters. The Morgan fingerprint density at radius 3 is 2.94 bits per heavy atom. The molecule has 2 N–H and O–H groups in total. The molecule has 1 aromatic carbocycles. The van der Waals surface area contributed by atoms with Crippen LogP contribution in [0.4, 0.5) is 0 Å². The van der Waals surface area contributed by atoms with Crippen molar-refractivity contribution in [2.24, 2.45) is 10.9 Å². The van der Waals surface area contributed by atoms with Crippen LogP contribution in [0.2, 0.25) is 0 Å². The molecule has 31 heavy (non-hydrogen) atoms. The minimum atomic E-state index is 0.129. The summed E-state index contributed by atoms with van der Waals surface area (Å²) in [6.45, 7) is 4.24. The van der Waals surface area contributed by atoms with Crippen molar-refractivity contribution in [2.45, 2.75) is 31.8 Å². The van der Waals surface area contributed by atoms with Gasteiger partial charge in [-0.25, -0.2) is 4.68 Å². The Bertz CT molecular complexity index is 966. The van der Waals surface area contributed by atoms with E-state index in [0.717, 1.165) is 24.7 Å². The fourth-order valence-corrected chi connectivity index (χ4v) is 5.43. The van der Waals surface area contributed by atoms with Gasteiger partial charge in [0.1, 0.15) is 0 Å². The number of piperidine rings is 1. The Morgan fingerprint density at radius 1 is 1.29 bits per heavy atom. The Morgan fingerprint density at radius 2 is 2.19 bits per heavy atom. The van der Waals surface area contributed by atoms with Gasteiger partial charge in [0, 0.05) is 36.9 Å². The van der Waals surface area contributed by atoms with Crippen LogP contribution >= 0.6 is 11.3 Å². The Balaban J connectivity index is 1.39. The first-order valence-corrected chi connectivity index (χ1v) is 11.8. The first kappa shape index (κ1) is 21.6. The summed E-state index contributed by atoms with van der Waals surface area (Å²) in [6, 6.07) is 15.4. The molecular weight excluding hydrogens is 404 g/mol. The van der Waals surface area contributed by atoms with Crippen LogP contribution < -0.4 is 10.6 Å². The lowest BCUT2D eigenvalue weighted by atomic mass is 9.88. The minimum Gasteiger partial charge on any atom is -0.356 e. The van der Waals surface area contributed by atoms with Gasteiger partial charge in [-0.15, -0.1) is 11.3 Å². The molecule has 0 aliphatic carbocycles. The normalized spacial score (nSPS) is 21.1. The van der Waals surface area contributed by atoms with Gasteiger partial charge >= 0.3 is 0 Å². The Kier molecular flexibility index (Phi) is 7.04. The van der Waals surface area contributed by atoms with E-state index in [0.29, 0.717) is 12.0 Å². The van der Waals surface area contributed by atoms with Crippen molar-refractivity contribution in [3.8, 4) is 5.69 Å². The van der Waals surface area contributed by atoms with E-state index in [1.807, 2.05) is 35.3 Å². The Labute approximate surface area is 189 Å². The molecule has 3 aromatic rings. The number of rotatable bonds is 6. The third-order valence-electron chi connectivity index (χ3n) is 6.09. The molecule has 0 radical (unpaired) electrons. The summed E-state index contributed by atoms with van der Waals surface area (Å²) in [7, 11) is 4.09. The van der Waals surface area contributed by atoms with E-state index in [1.165, 1.54) is 23.3 Å². The van der Waals surface area contributed by atoms with Gasteiger partial charge in [0.15, 0.2) is 5.96 Å². The second-order valence-electron chi connectivity index (χ2n) is 8.21. The van der Waals surface area contributed by atoms with E-state index in [1.54, 1.807) is 6.20 Å². The maximum Gasteiger partial charge on any atom is 0.191 e. The zero-order valence-electron chi connectivity index (χ0n) is 18.5. The summed E-state index contributed by atoms with van der Waals surface area (Å²) < 4.78 is 1.88. The van der Waals surface area contributed by atoms with Crippen molar-refractivity contribution in [3.63, 3.8) is 0 Å². The van der Waals surface area contributed by atoms with Crippen LogP contribution in [0.25, 0.3) is 5.69 Å². The van der Waals surface area contributed by atoms with Crippen molar-refractivity contribution in [1.29, 1.82) is 0 Å². The highest BCUT2D eigenvalue weighted by Gasteiger charge is 2.31. The van der Waals surface area contributed by atoms with Crippen LogP contribution in [0.3, 0.4) is 0 Å². The highest BCUT2D eigenvalue weighted by atomic mass is 32.1. The molecule has 0 saturated carbocycles. The number of nitrogens with zero attached hydrogens (tertiary/aromatic N) is 4. The minimum absolute atomic E-state index is 0.129. The van der Waals surface area contributed by atoms with E-state index < -0.39 is 0 Å². The van der Waals surface area contributed by atoms with E-state index in [4.69, 9.17) is 0 Å². The first-order valence-electron chi connectivity index (χ1n) is 11.0. The molecule has 3 heterocycles. The number of hydrogen-bond acceptors (Lipinski definition) is 4. The first-order chi connectivity index (χ1) is 15.2. The molecule has 2 aromatic heterocycles. The largest absolute Gasteiger partial charge is 0.356 e. The number of nitrogens with one attached hydrogen (secondary N) is 2. The van der Waals surface area contributed by atoms with E-state index in [2.05, 4.69) is 81.4 Å². The van der Waals surface area contributed by atoms with Crippen molar-refractivity contribution in [3.05, 3.63) is 70.7 Å². The van der Waals surface area contributed by atoms with Gasteiger partial charge in [-0.2, -0.15) is 5.10 Å². The molecule has 1 saturated heterocycles. The molecular formula is C24H32N6S. The summed E-state index contributed by atoms with van der Waals surface area (Å²) in [5.74, 6) is 1.41. The zero-order chi connectivity index (χ0) is 21.6. The number of aromatic nitrogens is 2. The lowest BCUT2D eigenvalue weighted by molar-refractivity contribution is 0.125. The molecule has 4 rings (SSSR count). The molecule has 164 valence electrons. The highest BCUT2D eigenvalue weighted by molar-refractivity contribution is 7.10. The number of hydrogen-bond donors (Lipinski definition) is 2. The number of benzene rings is 1. The molecule has 0 spiro atoms. The maximum absolute atomic E-state index is 4.48. The van der Waals surface area contributed by atoms with Crippen molar-refractivity contribution >= 4 is 17.3 Å². The fourth-order valence-electron chi connectivity index (χ4n) is 4.45. The number of guanidine groups is 1. The van der Waals surface area contributed by atoms with E-state index >= 15 is 0 Å². The summed E-state index contributed by atoms with van der Waals surface area (Å²) in [4.78, 5) is 8.44. The molecule has 0 amide bonds.